The molecule has 0 aliphatic rings. The summed E-state index contributed by atoms with van der Waals surface area (Å²) in [4.78, 5) is 0. The van der Waals surface area contributed by atoms with Crippen LogP contribution in [-0.4, -0.2) is 32.0 Å². The van der Waals surface area contributed by atoms with E-state index < -0.39 is 0 Å². The molecule has 0 atom stereocenters. The Morgan fingerprint density at radius 1 is 0.769 bits per heavy atom. The molecule has 1 N–H and O–H groups in total. The van der Waals surface area contributed by atoms with Crippen molar-refractivity contribution in [1.82, 2.24) is 5.32 Å². The first kappa shape index (κ1) is 16.0. The van der Waals surface area contributed by atoms with E-state index in [1.807, 2.05) is 0 Å². The van der Waals surface area contributed by atoms with Gasteiger partial charge in [0.2, 0.25) is 0 Å². The fourth-order valence-corrected chi connectivity index (χ4v) is 1.38. The molecule has 2 heteroatoms. The van der Waals surface area contributed by atoms with Gasteiger partial charge in [0.25, 0.3) is 0 Å². The summed E-state index contributed by atoms with van der Waals surface area (Å²) in [5.74, 6) is 0. The van der Waals surface area contributed by atoms with Gasteiger partial charge < -0.3 is 5.32 Å². The van der Waals surface area contributed by atoms with Crippen molar-refractivity contribution >= 4 is 18.9 Å². The minimum atomic E-state index is 0. The van der Waals surface area contributed by atoms with Crippen LogP contribution in [0, 0.1) is 0 Å². The van der Waals surface area contributed by atoms with E-state index in [2.05, 4.69) is 19.2 Å². The van der Waals surface area contributed by atoms with Gasteiger partial charge in [-0.1, -0.05) is 52.4 Å². The number of rotatable bonds is 9. The molecule has 0 amide bonds. The van der Waals surface area contributed by atoms with Crippen molar-refractivity contribution in [2.24, 2.45) is 0 Å². The Kier molecular flexibility index (Phi) is 18.5. The fourth-order valence-electron chi connectivity index (χ4n) is 1.38. The van der Waals surface area contributed by atoms with Gasteiger partial charge in [-0.15, -0.1) is 0 Å². The van der Waals surface area contributed by atoms with Crippen LogP contribution in [0.15, 0.2) is 0 Å². The average Bonchev–Trinajstić information content (AvgIpc) is 2.10. The Hall–Kier alpha value is 0.557. The SMILES string of the molecule is CCCCCCCCCNCC.[LiH]. The Morgan fingerprint density at radius 3 is 1.85 bits per heavy atom. The molecule has 0 spiro atoms. The second-order valence-corrected chi connectivity index (χ2v) is 3.47. The summed E-state index contributed by atoms with van der Waals surface area (Å²) in [5.41, 5.74) is 0. The van der Waals surface area contributed by atoms with E-state index in [9.17, 15) is 0 Å². The molecule has 0 aromatic heterocycles. The molecular formula is C11H26LiN. The van der Waals surface area contributed by atoms with Gasteiger partial charge in [-0.25, -0.2) is 0 Å². The fraction of sp³-hybridized carbons (Fsp3) is 1.00. The molecular weight excluding hydrogens is 153 g/mol. The zero-order valence-electron chi connectivity index (χ0n) is 8.86. The molecule has 0 aliphatic carbocycles. The van der Waals surface area contributed by atoms with Crippen LogP contribution in [0.1, 0.15) is 58.8 Å². The summed E-state index contributed by atoms with van der Waals surface area (Å²) in [7, 11) is 0. The van der Waals surface area contributed by atoms with E-state index in [-0.39, 0.29) is 18.9 Å². The van der Waals surface area contributed by atoms with Gasteiger partial charge in [0.1, 0.15) is 0 Å². The molecule has 0 fully saturated rings. The molecule has 0 bridgehead atoms. The quantitative estimate of drug-likeness (QED) is 0.424. The van der Waals surface area contributed by atoms with Crippen molar-refractivity contribution < 1.29 is 0 Å². The van der Waals surface area contributed by atoms with Crippen LogP contribution < -0.4 is 5.32 Å². The Bertz CT molecular complexity index is 66.5. The molecule has 0 aromatic rings. The molecule has 0 unspecified atom stereocenters. The third-order valence-electron chi connectivity index (χ3n) is 2.21. The van der Waals surface area contributed by atoms with E-state index in [4.69, 9.17) is 0 Å². The van der Waals surface area contributed by atoms with Crippen LogP contribution in [0.4, 0.5) is 0 Å². The van der Waals surface area contributed by atoms with E-state index in [1.54, 1.807) is 0 Å². The maximum absolute atomic E-state index is 3.35. The van der Waals surface area contributed by atoms with Crippen molar-refractivity contribution in [3.63, 3.8) is 0 Å². The van der Waals surface area contributed by atoms with Crippen molar-refractivity contribution in [2.75, 3.05) is 13.1 Å². The van der Waals surface area contributed by atoms with Crippen molar-refractivity contribution in [1.29, 1.82) is 0 Å². The Morgan fingerprint density at radius 2 is 1.31 bits per heavy atom. The molecule has 76 valence electrons. The zero-order chi connectivity index (χ0) is 9.07. The topological polar surface area (TPSA) is 12.0 Å². The number of unbranched alkanes of at least 4 members (excludes halogenated alkanes) is 6. The van der Waals surface area contributed by atoms with Gasteiger partial charge in [-0.3, -0.25) is 0 Å². The van der Waals surface area contributed by atoms with Crippen molar-refractivity contribution in [2.45, 2.75) is 58.8 Å². The second-order valence-electron chi connectivity index (χ2n) is 3.47. The first-order valence-electron chi connectivity index (χ1n) is 5.62. The second kappa shape index (κ2) is 15.0. The Balaban J connectivity index is 0. The van der Waals surface area contributed by atoms with Crippen molar-refractivity contribution in [3.8, 4) is 0 Å². The molecule has 0 aromatic carbocycles. The van der Waals surface area contributed by atoms with Gasteiger partial charge >= 0.3 is 18.9 Å². The normalized spacial score (nSPS) is 9.69. The maximum atomic E-state index is 3.35. The average molecular weight is 179 g/mol. The zero-order valence-corrected chi connectivity index (χ0v) is 8.86. The number of hydrogen-bond donors (Lipinski definition) is 1. The van der Waals surface area contributed by atoms with E-state index in [0.717, 1.165) is 6.54 Å². The number of nitrogens with one attached hydrogen (secondary N) is 1. The molecule has 0 radical (unpaired) electrons. The third-order valence-corrected chi connectivity index (χ3v) is 2.21. The number of hydrogen-bond acceptors (Lipinski definition) is 1. The third kappa shape index (κ3) is 15.3. The summed E-state index contributed by atoms with van der Waals surface area (Å²) < 4.78 is 0. The summed E-state index contributed by atoms with van der Waals surface area (Å²) in [5, 5.41) is 3.35. The van der Waals surface area contributed by atoms with Crippen LogP contribution in [0.3, 0.4) is 0 Å². The van der Waals surface area contributed by atoms with Crippen LogP contribution in [-0.2, 0) is 0 Å². The summed E-state index contributed by atoms with van der Waals surface area (Å²) >= 11 is 0. The van der Waals surface area contributed by atoms with Crippen LogP contribution in [0.2, 0.25) is 0 Å². The van der Waals surface area contributed by atoms with Gasteiger partial charge in [0.05, 0.1) is 0 Å². The molecule has 13 heavy (non-hydrogen) atoms. The first-order chi connectivity index (χ1) is 5.91. The van der Waals surface area contributed by atoms with E-state index in [1.165, 1.54) is 51.5 Å². The monoisotopic (exact) mass is 179 g/mol. The van der Waals surface area contributed by atoms with E-state index in [0.29, 0.717) is 0 Å². The van der Waals surface area contributed by atoms with Crippen molar-refractivity contribution in [3.05, 3.63) is 0 Å². The van der Waals surface area contributed by atoms with Gasteiger partial charge in [0.15, 0.2) is 0 Å². The van der Waals surface area contributed by atoms with Crippen LogP contribution >= 0.6 is 0 Å². The predicted octanol–water partition coefficient (Wildman–Crippen LogP) is 2.70. The first-order valence-corrected chi connectivity index (χ1v) is 5.62. The van der Waals surface area contributed by atoms with Gasteiger partial charge in [-0.2, -0.15) is 0 Å². The van der Waals surface area contributed by atoms with Crippen LogP contribution in [0.5, 0.6) is 0 Å². The molecule has 0 saturated heterocycles. The van der Waals surface area contributed by atoms with Gasteiger partial charge in [-0.05, 0) is 19.5 Å². The molecule has 0 aliphatic heterocycles. The molecule has 1 nitrogen and oxygen atoms in total. The summed E-state index contributed by atoms with van der Waals surface area (Å²) in [6.45, 7) is 6.77. The summed E-state index contributed by atoms with van der Waals surface area (Å²) in [6, 6.07) is 0. The predicted molar refractivity (Wildman–Crippen MR) is 63.7 cm³/mol. The Labute approximate surface area is 96.2 Å². The van der Waals surface area contributed by atoms with Gasteiger partial charge in [0, 0.05) is 0 Å². The molecule has 0 rings (SSSR count). The molecule has 0 saturated carbocycles. The van der Waals surface area contributed by atoms with E-state index >= 15 is 0 Å². The molecule has 0 heterocycles. The minimum absolute atomic E-state index is 0. The standard InChI is InChI=1S/C11H25N.Li.H/c1-3-5-6-7-8-9-10-11-12-4-2;;/h12H,3-11H2,1-2H3;;. The van der Waals surface area contributed by atoms with Crippen LogP contribution in [0.25, 0.3) is 0 Å². The summed E-state index contributed by atoms with van der Waals surface area (Å²) in [6.07, 6.45) is 9.88.